The van der Waals surface area contributed by atoms with Crippen LogP contribution < -0.4 is 5.32 Å². The number of carbonyl (C=O) groups excluding carboxylic acids is 1. The molecule has 0 aromatic rings. The van der Waals surface area contributed by atoms with E-state index in [2.05, 4.69) is 5.32 Å². The average molecular weight is 189 g/mol. The summed E-state index contributed by atoms with van der Waals surface area (Å²) >= 11 is 0. The highest BCUT2D eigenvalue weighted by atomic mass is 16.5. The standard InChI is InChI=1S/C9H19NO3/c1-4-12-6-5-10-9(11)7-13-8(2)3/h8H,4-7H2,1-3H3,(H,10,11). The van der Waals surface area contributed by atoms with Crippen LogP contribution in [0, 0.1) is 0 Å². The molecule has 4 heteroatoms. The lowest BCUT2D eigenvalue weighted by atomic mass is 10.5. The van der Waals surface area contributed by atoms with Gasteiger partial charge in [0.2, 0.25) is 5.91 Å². The predicted molar refractivity (Wildman–Crippen MR) is 50.6 cm³/mol. The second-order valence-electron chi connectivity index (χ2n) is 2.91. The van der Waals surface area contributed by atoms with E-state index in [1.165, 1.54) is 0 Å². The minimum atomic E-state index is -0.0894. The first kappa shape index (κ1) is 12.4. The van der Waals surface area contributed by atoms with Crippen molar-refractivity contribution in [2.24, 2.45) is 0 Å². The highest BCUT2D eigenvalue weighted by molar-refractivity contribution is 5.77. The molecule has 0 aromatic carbocycles. The molecule has 0 saturated carbocycles. The van der Waals surface area contributed by atoms with Crippen molar-refractivity contribution in [1.82, 2.24) is 5.32 Å². The second-order valence-corrected chi connectivity index (χ2v) is 2.91. The summed E-state index contributed by atoms with van der Waals surface area (Å²) in [6.45, 7) is 7.63. The normalized spacial score (nSPS) is 10.5. The Balaban J connectivity index is 3.20. The third-order valence-corrected chi connectivity index (χ3v) is 1.32. The topological polar surface area (TPSA) is 47.6 Å². The van der Waals surface area contributed by atoms with Gasteiger partial charge in [-0.3, -0.25) is 4.79 Å². The summed E-state index contributed by atoms with van der Waals surface area (Å²) in [5.41, 5.74) is 0. The molecular formula is C9H19NO3. The Morgan fingerprint density at radius 2 is 2.15 bits per heavy atom. The van der Waals surface area contributed by atoms with Gasteiger partial charge in [-0.15, -0.1) is 0 Å². The largest absolute Gasteiger partial charge is 0.380 e. The molecule has 0 saturated heterocycles. The average Bonchev–Trinajstić information content (AvgIpc) is 2.09. The maximum Gasteiger partial charge on any atom is 0.246 e. The zero-order valence-electron chi connectivity index (χ0n) is 8.63. The van der Waals surface area contributed by atoms with E-state index in [0.29, 0.717) is 19.8 Å². The Bertz CT molecular complexity index is 137. The first-order chi connectivity index (χ1) is 6.16. The lowest BCUT2D eigenvalue weighted by Crippen LogP contribution is -2.31. The molecule has 0 aromatic heterocycles. The molecule has 0 aliphatic carbocycles. The summed E-state index contributed by atoms with van der Waals surface area (Å²) in [5.74, 6) is -0.0894. The van der Waals surface area contributed by atoms with Gasteiger partial charge in [0.15, 0.2) is 0 Å². The van der Waals surface area contributed by atoms with Gasteiger partial charge in [-0.25, -0.2) is 0 Å². The lowest BCUT2D eigenvalue weighted by Gasteiger charge is -2.08. The third kappa shape index (κ3) is 9.30. The summed E-state index contributed by atoms with van der Waals surface area (Å²) in [7, 11) is 0. The smallest absolute Gasteiger partial charge is 0.246 e. The first-order valence-electron chi connectivity index (χ1n) is 4.62. The quantitative estimate of drug-likeness (QED) is 0.595. The maximum absolute atomic E-state index is 11.0. The van der Waals surface area contributed by atoms with Crippen molar-refractivity contribution in [3.63, 3.8) is 0 Å². The van der Waals surface area contributed by atoms with Crippen LogP contribution in [0.5, 0.6) is 0 Å². The summed E-state index contributed by atoms with van der Waals surface area (Å²) in [4.78, 5) is 11.0. The molecule has 1 N–H and O–H groups in total. The molecule has 1 amide bonds. The number of hydrogen-bond acceptors (Lipinski definition) is 3. The van der Waals surface area contributed by atoms with E-state index in [1.54, 1.807) is 0 Å². The summed E-state index contributed by atoms with van der Waals surface area (Å²) in [6.07, 6.45) is 0.0950. The highest BCUT2D eigenvalue weighted by Gasteiger charge is 2.01. The van der Waals surface area contributed by atoms with E-state index < -0.39 is 0 Å². The van der Waals surface area contributed by atoms with Crippen molar-refractivity contribution in [2.45, 2.75) is 26.9 Å². The Morgan fingerprint density at radius 1 is 1.46 bits per heavy atom. The van der Waals surface area contributed by atoms with Gasteiger partial charge in [0.25, 0.3) is 0 Å². The molecule has 4 nitrogen and oxygen atoms in total. The van der Waals surface area contributed by atoms with Crippen molar-refractivity contribution < 1.29 is 14.3 Å². The van der Waals surface area contributed by atoms with Crippen LogP contribution in [-0.2, 0) is 14.3 Å². The first-order valence-corrected chi connectivity index (χ1v) is 4.62. The number of nitrogens with one attached hydrogen (secondary N) is 1. The van der Waals surface area contributed by atoms with Gasteiger partial charge in [0, 0.05) is 13.2 Å². The van der Waals surface area contributed by atoms with Crippen molar-refractivity contribution in [3.8, 4) is 0 Å². The Labute approximate surface area is 79.6 Å². The summed E-state index contributed by atoms with van der Waals surface area (Å²) in [5, 5.41) is 2.68. The van der Waals surface area contributed by atoms with Crippen LogP contribution in [0.2, 0.25) is 0 Å². The second kappa shape index (κ2) is 8.01. The van der Waals surface area contributed by atoms with E-state index in [1.807, 2.05) is 20.8 Å². The molecular weight excluding hydrogens is 170 g/mol. The minimum absolute atomic E-state index is 0.0894. The maximum atomic E-state index is 11.0. The van der Waals surface area contributed by atoms with E-state index in [4.69, 9.17) is 9.47 Å². The van der Waals surface area contributed by atoms with Gasteiger partial charge in [0.05, 0.1) is 12.7 Å². The van der Waals surface area contributed by atoms with Gasteiger partial charge in [-0.1, -0.05) is 0 Å². The van der Waals surface area contributed by atoms with E-state index in [-0.39, 0.29) is 18.6 Å². The van der Waals surface area contributed by atoms with E-state index in [0.717, 1.165) is 0 Å². The summed E-state index contributed by atoms with van der Waals surface area (Å²) < 4.78 is 10.2. The van der Waals surface area contributed by atoms with Crippen molar-refractivity contribution in [3.05, 3.63) is 0 Å². The molecule has 78 valence electrons. The molecule has 0 spiro atoms. The van der Waals surface area contributed by atoms with Gasteiger partial charge < -0.3 is 14.8 Å². The Hall–Kier alpha value is -0.610. The van der Waals surface area contributed by atoms with Gasteiger partial charge in [0.1, 0.15) is 6.61 Å². The lowest BCUT2D eigenvalue weighted by molar-refractivity contribution is -0.127. The van der Waals surface area contributed by atoms with Crippen LogP contribution in [0.1, 0.15) is 20.8 Å². The molecule has 0 heterocycles. The monoisotopic (exact) mass is 189 g/mol. The van der Waals surface area contributed by atoms with Crippen LogP contribution in [0.25, 0.3) is 0 Å². The SMILES string of the molecule is CCOCCNC(=O)COC(C)C. The molecule has 13 heavy (non-hydrogen) atoms. The Morgan fingerprint density at radius 3 is 2.69 bits per heavy atom. The van der Waals surface area contributed by atoms with Crippen molar-refractivity contribution >= 4 is 5.91 Å². The van der Waals surface area contributed by atoms with Crippen LogP contribution in [0.4, 0.5) is 0 Å². The predicted octanol–water partition coefficient (Wildman–Crippen LogP) is 0.564. The van der Waals surface area contributed by atoms with Crippen molar-refractivity contribution in [2.75, 3.05) is 26.4 Å². The van der Waals surface area contributed by atoms with Crippen LogP contribution in [-0.4, -0.2) is 38.4 Å². The van der Waals surface area contributed by atoms with Crippen molar-refractivity contribution in [1.29, 1.82) is 0 Å². The van der Waals surface area contributed by atoms with E-state index in [9.17, 15) is 4.79 Å². The fourth-order valence-corrected chi connectivity index (χ4v) is 0.700. The fourth-order valence-electron chi connectivity index (χ4n) is 0.700. The molecule has 0 atom stereocenters. The molecule has 0 fully saturated rings. The van der Waals surface area contributed by atoms with Gasteiger partial charge >= 0.3 is 0 Å². The third-order valence-electron chi connectivity index (χ3n) is 1.32. The van der Waals surface area contributed by atoms with Crippen LogP contribution in [0.3, 0.4) is 0 Å². The van der Waals surface area contributed by atoms with Gasteiger partial charge in [-0.2, -0.15) is 0 Å². The van der Waals surface area contributed by atoms with Gasteiger partial charge in [-0.05, 0) is 20.8 Å². The number of carbonyl (C=O) groups is 1. The zero-order chi connectivity index (χ0) is 10.1. The Kier molecular flexibility index (Phi) is 7.63. The fraction of sp³-hybridized carbons (Fsp3) is 0.889. The molecule has 0 unspecified atom stereocenters. The van der Waals surface area contributed by atoms with E-state index >= 15 is 0 Å². The summed E-state index contributed by atoms with van der Waals surface area (Å²) in [6, 6.07) is 0. The number of rotatable bonds is 7. The molecule has 0 radical (unpaired) electrons. The zero-order valence-corrected chi connectivity index (χ0v) is 8.63. The highest BCUT2D eigenvalue weighted by Crippen LogP contribution is 1.85. The number of amides is 1. The molecule has 0 rings (SSSR count). The van der Waals surface area contributed by atoms with Crippen LogP contribution in [0.15, 0.2) is 0 Å². The molecule has 0 aliphatic rings. The van der Waals surface area contributed by atoms with Crippen LogP contribution >= 0.6 is 0 Å². The molecule has 0 bridgehead atoms. The number of ether oxygens (including phenoxy) is 2. The molecule has 0 aliphatic heterocycles. The minimum Gasteiger partial charge on any atom is -0.380 e. The number of hydrogen-bond donors (Lipinski definition) is 1.